The Morgan fingerprint density at radius 3 is 2.50 bits per heavy atom. The predicted molar refractivity (Wildman–Crippen MR) is 114 cm³/mol. The molecule has 1 aliphatic carbocycles. The van der Waals surface area contributed by atoms with Gasteiger partial charge in [0.15, 0.2) is 0 Å². The number of carbonyl (C=O) groups excluding carboxylic acids is 1. The van der Waals surface area contributed by atoms with E-state index in [4.69, 9.17) is 27.6 Å². The summed E-state index contributed by atoms with van der Waals surface area (Å²) in [6, 6.07) is 10.4. The molecule has 1 aromatic heterocycles. The van der Waals surface area contributed by atoms with Crippen molar-refractivity contribution < 1.29 is 22.4 Å². The van der Waals surface area contributed by atoms with Crippen LogP contribution in [0.2, 0.25) is 10.0 Å². The molecule has 0 bridgehead atoms. The van der Waals surface area contributed by atoms with Crippen LogP contribution in [0.1, 0.15) is 29.9 Å². The van der Waals surface area contributed by atoms with Gasteiger partial charge in [-0.2, -0.15) is 13.2 Å². The lowest BCUT2D eigenvalue weighted by atomic mass is 10.1. The maximum Gasteiger partial charge on any atom is 0.417 e. The first-order valence-electron chi connectivity index (χ1n) is 9.64. The minimum absolute atomic E-state index is 0.0222. The third-order valence-corrected chi connectivity index (χ3v) is 5.43. The van der Waals surface area contributed by atoms with Gasteiger partial charge in [-0.25, -0.2) is 0 Å². The molecule has 2 aromatic carbocycles. The number of rotatable bonds is 6. The quantitative estimate of drug-likeness (QED) is 0.389. The zero-order chi connectivity index (χ0) is 22.9. The topological polar surface area (TPSA) is 59.2 Å². The van der Waals surface area contributed by atoms with Gasteiger partial charge in [0.1, 0.15) is 0 Å². The Kier molecular flexibility index (Phi) is 6.26. The lowest BCUT2D eigenvalue weighted by Crippen LogP contribution is -2.31. The van der Waals surface area contributed by atoms with Gasteiger partial charge in [0.05, 0.1) is 17.1 Å². The molecule has 3 aromatic rings. The highest BCUT2D eigenvalue weighted by Crippen LogP contribution is 2.35. The molecule has 1 fully saturated rings. The van der Waals surface area contributed by atoms with Crippen LogP contribution in [-0.4, -0.2) is 27.0 Å². The fraction of sp³-hybridized carbons (Fsp3) is 0.227. The average molecular weight is 482 g/mol. The number of hydrogen-bond donors (Lipinski definition) is 0. The van der Waals surface area contributed by atoms with Crippen molar-refractivity contribution in [2.75, 3.05) is 0 Å². The average Bonchev–Trinajstić information content (AvgIpc) is 3.48. The first kappa shape index (κ1) is 22.4. The minimum Gasteiger partial charge on any atom is -0.419 e. The van der Waals surface area contributed by atoms with Gasteiger partial charge < -0.3 is 9.32 Å². The van der Waals surface area contributed by atoms with Crippen molar-refractivity contribution >= 4 is 35.2 Å². The van der Waals surface area contributed by atoms with Crippen molar-refractivity contribution in [1.82, 2.24) is 15.1 Å². The normalized spacial score (nSPS) is 14.2. The van der Waals surface area contributed by atoms with Gasteiger partial charge in [-0.05, 0) is 60.9 Å². The molecule has 10 heteroatoms. The third-order valence-electron chi connectivity index (χ3n) is 4.85. The number of nitrogens with zero attached hydrogens (tertiary/aromatic N) is 3. The van der Waals surface area contributed by atoms with Crippen molar-refractivity contribution in [3.05, 3.63) is 75.6 Å². The van der Waals surface area contributed by atoms with Gasteiger partial charge in [0, 0.05) is 22.7 Å². The number of benzene rings is 2. The molecule has 0 N–H and O–H groups in total. The van der Waals surface area contributed by atoms with Crippen LogP contribution in [0.4, 0.5) is 13.2 Å². The standard InChI is InChI=1S/C22H16Cl2F3N3O2/c23-15-5-3-14(4-6-15)21-29-28-19(32-21)12-30(16-7-8-16)20(31)10-2-13-1-9-18(24)17(11-13)22(25,26)27/h1-6,9-11,16H,7-8,12H2/b10-2+. The van der Waals surface area contributed by atoms with Gasteiger partial charge in [0.2, 0.25) is 17.7 Å². The number of amides is 1. The van der Waals surface area contributed by atoms with E-state index in [1.807, 2.05) is 0 Å². The first-order chi connectivity index (χ1) is 15.2. The molecule has 0 atom stereocenters. The molecule has 1 saturated carbocycles. The molecule has 4 rings (SSSR count). The molecular formula is C22H16Cl2F3N3O2. The van der Waals surface area contributed by atoms with Crippen LogP contribution in [0.25, 0.3) is 17.5 Å². The molecule has 1 heterocycles. The Morgan fingerprint density at radius 2 is 1.84 bits per heavy atom. The maximum atomic E-state index is 13.0. The zero-order valence-electron chi connectivity index (χ0n) is 16.4. The van der Waals surface area contributed by atoms with Gasteiger partial charge >= 0.3 is 6.18 Å². The van der Waals surface area contributed by atoms with Gasteiger partial charge in [0.25, 0.3) is 0 Å². The van der Waals surface area contributed by atoms with Crippen molar-refractivity contribution in [3.8, 4) is 11.5 Å². The van der Waals surface area contributed by atoms with Crippen LogP contribution in [0, 0.1) is 0 Å². The van der Waals surface area contributed by atoms with Gasteiger partial charge in [-0.3, -0.25) is 4.79 Å². The Labute approximate surface area is 191 Å². The third kappa shape index (κ3) is 5.31. The Balaban J connectivity index is 1.48. The number of carbonyl (C=O) groups is 1. The minimum atomic E-state index is -4.58. The SMILES string of the molecule is O=C(/C=C/c1ccc(Cl)c(C(F)(F)F)c1)N(Cc1nnc(-c2ccc(Cl)cc2)o1)C1CC1. The summed E-state index contributed by atoms with van der Waals surface area (Å²) in [4.78, 5) is 14.3. The molecule has 0 radical (unpaired) electrons. The van der Waals surface area contributed by atoms with Crippen LogP contribution >= 0.6 is 23.2 Å². The molecule has 5 nitrogen and oxygen atoms in total. The van der Waals surface area contributed by atoms with Crippen molar-refractivity contribution in [1.29, 1.82) is 0 Å². The summed E-state index contributed by atoms with van der Waals surface area (Å²) >= 11 is 11.5. The number of halogens is 5. The van der Waals surface area contributed by atoms with E-state index in [1.54, 1.807) is 29.2 Å². The first-order valence-corrected chi connectivity index (χ1v) is 10.4. The maximum absolute atomic E-state index is 13.0. The molecule has 0 unspecified atom stereocenters. The van der Waals surface area contributed by atoms with Crippen molar-refractivity contribution in [3.63, 3.8) is 0 Å². The summed E-state index contributed by atoms with van der Waals surface area (Å²) < 4.78 is 44.8. The number of alkyl halides is 3. The molecule has 166 valence electrons. The second-order valence-corrected chi connectivity index (χ2v) is 8.12. The van der Waals surface area contributed by atoms with Crippen LogP contribution in [0.5, 0.6) is 0 Å². The van der Waals surface area contributed by atoms with Crippen LogP contribution in [0.3, 0.4) is 0 Å². The van der Waals surface area contributed by atoms with E-state index in [0.29, 0.717) is 16.5 Å². The van der Waals surface area contributed by atoms with E-state index in [9.17, 15) is 18.0 Å². The predicted octanol–water partition coefficient (Wildman–Crippen LogP) is 6.27. The van der Waals surface area contributed by atoms with Crippen molar-refractivity contribution in [2.24, 2.45) is 0 Å². The molecule has 32 heavy (non-hydrogen) atoms. The smallest absolute Gasteiger partial charge is 0.417 e. The monoisotopic (exact) mass is 481 g/mol. The fourth-order valence-electron chi connectivity index (χ4n) is 3.07. The Bertz CT molecular complexity index is 1160. The van der Waals surface area contributed by atoms with Gasteiger partial charge in [-0.1, -0.05) is 29.3 Å². The van der Waals surface area contributed by atoms with Crippen LogP contribution in [-0.2, 0) is 17.5 Å². The molecule has 0 saturated heterocycles. The van der Waals surface area contributed by atoms with E-state index in [0.717, 1.165) is 25.0 Å². The summed E-state index contributed by atoms with van der Waals surface area (Å²) in [6.45, 7) is 0.100. The summed E-state index contributed by atoms with van der Waals surface area (Å²) in [5.41, 5.74) is -0.0393. The van der Waals surface area contributed by atoms with E-state index >= 15 is 0 Å². The molecule has 0 aliphatic heterocycles. The molecule has 0 spiro atoms. The lowest BCUT2D eigenvalue weighted by Gasteiger charge is -2.18. The molecule has 1 aliphatic rings. The Hall–Kier alpha value is -2.84. The largest absolute Gasteiger partial charge is 0.419 e. The van der Waals surface area contributed by atoms with E-state index in [-0.39, 0.29) is 29.9 Å². The Morgan fingerprint density at radius 1 is 1.12 bits per heavy atom. The van der Waals surface area contributed by atoms with Crippen LogP contribution in [0.15, 0.2) is 53.0 Å². The lowest BCUT2D eigenvalue weighted by molar-refractivity contribution is -0.137. The number of aromatic nitrogens is 2. The van der Waals surface area contributed by atoms with Crippen LogP contribution < -0.4 is 0 Å². The summed E-state index contributed by atoms with van der Waals surface area (Å²) in [7, 11) is 0. The highest BCUT2D eigenvalue weighted by Gasteiger charge is 2.34. The van der Waals surface area contributed by atoms with E-state index < -0.39 is 16.8 Å². The molecular weight excluding hydrogens is 466 g/mol. The highest BCUT2D eigenvalue weighted by molar-refractivity contribution is 6.31. The molecule has 1 amide bonds. The highest BCUT2D eigenvalue weighted by atomic mass is 35.5. The van der Waals surface area contributed by atoms with E-state index in [2.05, 4.69) is 10.2 Å². The van der Waals surface area contributed by atoms with Crippen molar-refractivity contribution in [2.45, 2.75) is 31.6 Å². The zero-order valence-corrected chi connectivity index (χ0v) is 18.0. The van der Waals surface area contributed by atoms with Gasteiger partial charge in [-0.15, -0.1) is 10.2 Å². The van der Waals surface area contributed by atoms with E-state index in [1.165, 1.54) is 18.2 Å². The summed E-state index contributed by atoms with van der Waals surface area (Å²) in [5.74, 6) is 0.202. The summed E-state index contributed by atoms with van der Waals surface area (Å²) in [6.07, 6.45) is -0.354. The fourth-order valence-corrected chi connectivity index (χ4v) is 3.42. The second-order valence-electron chi connectivity index (χ2n) is 7.28. The summed E-state index contributed by atoms with van der Waals surface area (Å²) in [5, 5.41) is 8.20. The number of hydrogen-bond acceptors (Lipinski definition) is 4. The second kappa shape index (κ2) is 8.96.